The third kappa shape index (κ3) is 7.61. The van der Waals surface area contributed by atoms with Crippen LogP contribution >= 0.6 is 23.4 Å². The van der Waals surface area contributed by atoms with Crippen LogP contribution in [0.1, 0.15) is 6.92 Å². The first-order valence-electron chi connectivity index (χ1n) is 4.04. The summed E-state index contributed by atoms with van der Waals surface area (Å²) in [6.07, 6.45) is 2.00. The number of alkyl halides is 1. The average Bonchev–Trinajstić information content (AvgIpc) is 2.02. The molecule has 1 atom stereocenters. The number of rotatable bonds is 7. The summed E-state index contributed by atoms with van der Waals surface area (Å²) in [5, 5.41) is 0. The monoisotopic (exact) mass is 245 g/mol. The second-order valence-electron chi connectivity index (χ2n) is 2.92. The van der Waals surface area contributed by atoms with Gasteiger partial charge in [0.2, 0.25) is 10.0 Å². The van der Waals surface area contributed by atoms with Crippen LogP contribution in [0.3, 0.4) is 0 Å². The van der Waals surface area contributed by atoms with Gasteiger partial charge in [-0.15, -0.1) is 11.6 Å². The number of hydrogen-bond donors (Lipinski definition) is 1. The van der Waals surface area contributed by atoms with Gasteiger partial charge in [-0.25, -0.2) is 13.1 Å². The van der Waals surface area contributed by atoms with Crippen molar-refractivity contribution in [2.24, 2.45) is 5.92 Å². The van der Waals surface area contributed by atoms with Gasteiger partial charge in [0, 0.05) is 12.4 Å². The molecule has 0 aliphatic rings. The van der Waals surface area contributed by atoms with Crippen molar-refractivity contribution in [2.75, 3.05) is 30.2 Å². The standard InChI is InChI=1S/C7H16ClNO2S2/c1-7(6-12-2)5-9-13(10,11)4-3-8/h7,9H,3-6H2,1-2H3. The molecule has 0 radical (unpaired) electrons. The van der Waals surface area contributed by atoms with E-state index < -0.39 is 10.0 Å². The lowest BCUT2D eigenvalue weighted by molar-refractivity contribution is 0.564. The zero-order chi connectivity index (χ0) is 10.3. The van der Waals surface area contributed by atoms with Gasteiger partial charge >= 0.3 is 0 Å². The normalized spacial score (nSPS) is 14.4. The average molecular weight is 246 g/mol. The van der Waals surface area contributed by atoms with E-state index in [-0.39, 0.29) is 11.6 Å². The van der Waals surface area contributed by atoms with Gasteiger partial charge in [0.1, 0.15) is 0 Å². The van der Waals surface area contributed by atoms with Crippen LogP contribution in [0.15, 0.2) is 0 Å². The number of sulfonamides is 1. The van der Waals surface area contributed by atoms with Gasteiger partial charge < -0.3 is 0 Å². The Bertz CT molecular complexity index is 219. The summed E-state index contributed by atoms with van der Waals surface area (Å²) < 4.78 is 24.8. The molecule has 0 bridgehead atoms. The first-order valence-corrected chi connectivity index (χ1v) is 7.62. The van der Waals surface area contributed by atoms with E-state index in [9.17, 15) is 8.42 Å². The maximum absolute atomic E-state index is 11.1. The molecule has 0 aromatic heterocycles. The molecule has 0 saturated carbocycles. The highest BCUT2D eigenvalue weighted by Gasteiger charge is 2.10. The molecule has 3 nitrogen and oxygen atoms in total. The summed E-state index contributed by atoms with van der Waals surface area (Å²) in [5.74, 6) is 1.47. The summed E-state index contributed by atoms with van der Waals surface area (Å²) in [6.45, 7) is 2.51. The van der Waals surface area contributed by atoms with Crippen LogP contribution in [0.25, 0.3) is 0 Å². The smallest absolute Gasteiger partial charge is 0.212 e. The Morgan fingerprint density at radius 1 is 1.54 bits per heavy atom. The van der Waals surface area contributed by atoms with Crippen molar-refractivity contribution >= 4 is 33.4 Å². The van der Waals surface area contributed by atoms with Gasteiger partial charge in [0.25, 0.3) is 0 Å². The van der Waals surface area contributed by atoms with Gasteiger partial charge in [-0.3, -0.25) is 0 Å². The van der Waals surface area contributed by atoms with E-state index in [4.69, 9.17) is 11.6 Å². The minimum Gasteiger partial charge on any atom is -0.215 e. The Morgan fingerprint density at radius 2 is 2.15 bits per heavy atom. The number of thioether (sulfide) groups is 1. The van der Waals surface area contributed by atoms with E-state index >= 15 is 0 Å². The molecule has 80 valence electrons. The van der Waals surface area contributed by atoms with Crippen molar-refractivity contribution in [3.63, 3.8) is 0 Å². The minimum absolute atomic E-state index is 0.000539. The topological polar surface area (TPSA) is 46.2 Å². The predicted octanol–water partition coefficient (Wildman–Crippen LogP) is 1.14. The fraction of sp³-hybridized carbons (Fsp3) is 1.00. The second-order valence-corrected chi connectivity index (χ2v) is 6.13. The van der Waals surface area contributed by atoms with Crippen molar-refractivity contribution in [2.45, 2.75) is 6.92 Å². The molecule has 0 aromatic rings. The molecular weight excluding hydrogens is 230 g/mol. The Labute approximate surface area is 89.7 Å². The van der Waals surface area contributed by atoms with Crippen molar-refractivity contribution < 1.29 is 8.42 Å². The van der Waals surface area contributed by atoms with Crippen LogP contribution in [-0.4, -0.2) is 38.6 Å². The van der Waals surface area contributed by atoms with Crippen LogP contribution in [0.5, 0.6) is 0 Å². The molecule has 0 aromatic carbocycles. The van der Waals surface area contributed by atoms with E-state index in [1.54, 1.807) is 11.8 Å². The van der Waals surface area contributed by atoms with Gasteiger partial charge in [-0.05, 0) is 17.9 Å². The van der Waals surface area contributed by atoms with Gasteiger partial charge in [-0.1, -0.05) is 6.92 Å². The van der Waals surface area contributed by atoms with Crippen molar-refractivity contribution in [3.05, 3.63) is 0 Å². The Kier molecular flexibility index (Phi) is 7.22. The summed E-state index contributed by atoms with van der Waals surface area (Å²) in [4.78, 5) is 0. The zero-order valence-corrected chi connectivity index (χ0v) is 10.3. The van der Waals surface area contributed by atoms with Crippen LogP contribution in [0, 0.1) is 5.92 Å². The highest BCUT2D eigenvalue weighted by atomic mass is 35.5. The van der Waals surface area contributed by atoms with E-state index in [1.165, 1.54) is 0 Å². The summed E-state index contributed by atoms with van der Waals surface area (Å²) >= 11 is 7.05. The predicted molar refractivity (Wildman–Crippen MR) is 60.1 cm³/mol. The van der Waals surface area contributed by atoms with Gasteiger partial charge in [-0.2, -0.15) is 11.8 Å². The van der Waals surface area contributed by atoms with E-state index in [1.807, 2.05) is 13.2 Å². The molecule has 0 spiro atoms. The third-order valence-corrected chi connectivity index (χ3v) is 4.11. The largest absolute Gasteiger partial charge is 0.215 e. The maximum Gasteiger partial charge on any atom is 0.212 e. The molecule has 0 amide bonds. The summed E-state index contributed by atoms with van der Waals surface area (Å²) in [6, 6.07) is 0. The lowest BCUT2D eigenvalue weighted by Gasteiger charge is -2.10. The lowest BCUT2D eigenvalue weighted by Crippen LogP contribution is -2.31. The highest BCUT2D eigenvalue weighted by Crippen LogP contribution is 2.03. The molecular formula is C7H16ClNO2S2. The minimum atomic E-state index is -3.14. The van der Waals surface area contributed by atoms with Crippen LogP contribution in [-0.2, 0) is 10.0 Å². The molecule has 0 heterocycles. The molecule has 0 aliphatic heterocycles. The molecule has 0 rings (SSSR count). The Hall–Kier alpha value is 0.550. The zero-order valence-electron chi connectivity index (χ0n) is 7.92. The molecule has 0 aliphatic carbocycles. The molecule has 0 fully saturated rings. The van der Waals surface area contributed by atoms with Crippen LogP contribution < -0.4 is 4.72 Å². The first-order chi connectivity index (χ1) is 6.02. The maximum atomic E-state index is 11.1. The van der Waals surface area contributed by atoms with Gasteiger partial charge in [0.05, 0.1) is 5.75 Å². The number of hydrogen-bond acceptors (Lipinski definition) is 3. The van der Waals surface area contributed by atoms with E-state index in [2.05, 4.69) is 4.72 Å². The van der Waals surface area contributed by atoms with Crippen molar-refractivity contribution in [1.29, 1.82) is 0 Å². The van der Waals surface area contributed by atoms with E-state index in [0.717, 1.165) is 5.75 Å². The first kappa shape index (κ1) is 13.5. The Balaban J connectivity index is 3.74. The van der Waals surface area contributed by atoms with Crippen molar-refractivity contribution in [3.8, 4) is 0 Å². The highest BCUT2D eigenvalue weighted by molar-refractivity contribution is 7.98. The molecule has 1 unspecified atom stereocenters. The SMILES string of the molecule is CSCC(C)CNS(=O)(=O)CCCl. The summed E-state index contributed by atoms with van der Waals surface area (Å²) in [7, 11) is -3.14. The molecule has 1 N–H and O–H groups in total. The Morgan fingerprint density at radius 3 is 2.62 bits per heavy atom. The van der Waals surface area contributed by atoms with E-state index in [0.29, 0.717) is 12.5 Å². The van der Waals surface area contributed by atoms with Gasteiger partial charge in [0.15, 0.2) is 0 Å². The van der Waals surface area contributed by atoms with Crippen LogP contribution in [0.4, 0.5) is 0 Å². The number of nitrogens with one attached hydrogen (secondary N) is 1. The summed E-state index contributed by atoms with van der Waals surface area (Å²) in [5.41, 5.74) is 0. The fourth-order valence-electron chi connectivity index (χ4n) is 0.786. The molecule has 0 saturated heterocycles. The quantitative estimate of drug-likeness (QED) is 0.685. The fourth-order valence-corrected chi connectivity index (χ4v) is 2.97. The third-order valence-electron chi connectivity index (χ3n) is 1.45. The van der Waals surface area contributed by atoms with Crippen LogP contribution in [0.2, 0.25) is 0 Å². The van der Waals surface area contributed by atoms with Crippen molar-refractivity contribution in [1.82, 2.24) is 4.72 Å². The molecule has 6 heteroatoms. The second kappa shape index (κ2) is 6.92. The lowest BCUT2D eigenvalue weighted by atomic mass is 10.2. The number of halogens is 1. The molecule has 13 heavy (non-hydrogen) atoms.